The first kappa shape index (κ1) is 12.9. The Morgan fingerprint density at radius 2 is 1.86 bits per heavy atom. The van der Waals surface area contributed by atoms with Crippen LogP contribution in [0.4, 0.5) is 5.69 Å². The van der Waals surface area contributed by atoms with Gasteiger partial charge in [-0.05, 0) is 56.0 Å². The molecule has 2 aliphatic rings. The molecular weight excluding hydrogens is 260 g/mol. The van der Waals surface area contributed by atoms with E-state index in [1.54, 1.807) is 0 Å². The van der Waals surface area contributed by atoms with E-state index in [9.17, 15) is 0 Å². The van der Waals surface area contributed by atoms with Gasteiger partial charge < -0.3 is 10.1 Å². The van der Waals surface area contributed by atoms with Gasteiger partial charge in [0.25, 0.3) is 0 Å². The van der Waals surface area contributed by atoms with E-state index < -0.39 is 0 Å². The molecule has 2 aliphatic carbocycles. The average molecular weight is 282 g/mol. The van der Waals surface area contributed by atoms with E-state index in [1.807, 2.05) is 6.20 Å². The molecule has 110 valence electrons. The van der Waals surface area contributed by atoms with Crippen LogP contribution < -0.4 is 10.1 Å². The fraction of sp³-hybridized carbons (Fsp3) is 0.500. The van der Waals surface area contributed by atoms with Crippen LogP contribution in [-0.4, -0.2) is 17.1 Å². The molecule has 0 spiro atoms. The minimum atomic E-state index is 0.339. The second-order valence-electron chi connectivity index (χ2n) is 6.32. The predicted octanol–water partition coefficient (Wildman–Crippen LogP) is 4.52. The van der Waals surface area contributed by atoms with Crippen molar-refractivity contribution in [3.63, 3.8) is 0 Å². The molecule has 3 heteroatoms. The summed E-state index contributed by atoms with van der Waals surface area (Å²) in [6, 6.07) is 9.11. The monoisotopic (exact) mass is 282 g/mol. The summed E-state index contributed by atoms with van der Waals surface area (Å²) >= 11 is 0. The maximum absolute atomic E-state index is 6.26. The van der Waals surface area contributed by atoms with Gasteiger partial charge >= 0.3 is 0 Å². The molecule has 0 bridgehead atoms. The summed E-state index contributed by atoms with van der Waals surface area (Å²) < 4.78 is 6.26. The number of rotatable bonds is 4. The summed E-state index contributed by atoms with van der Waals surface area (Å²) in [5.74, 6) is 0.808. The maximum atomic E-state index is 6.26. The molecule has 1 aromatic heterocycles. The Hall–Kier alpha value is -1.77. The van der Waals surface area contributed by atoms with E-state index in [4.69, 9.17) is 4.74 Å². The minimum Gasteiger partial charge on any atom is -0.474 e. The summed E-state index contributed by atoms with van der Waals surface area (Å²) in [5.41, 5.74) is 1.17. The van der Waals surface area contributed by atoms with Crippen LogP contribution >= 0.6 is 0 Å². The van der Waals surface area contributed by atoms with E-state index in [1.165, 1.54) is 43.2 Å². The van der Waals surface area contributed by atoms with Gasteiger partial charge in [0.15, 0.2) is 0 Å². The summed E-state index contributed by atoms with van der Waals surface area (Å²) in [6.45, 7) is 0. The molecule has 1 N–H and O–H groups in total. The molecule has 1 aromatic carbocycles. The lowest BCUT2D eigenvalue weighted by molar-refractivity contribution is 0.151. The molecule has 0 amide bonds. The standard InChI is InChI=1S/C18H22N2O/c1-2-6-15(7-3-1)21-18-17-13(11-12-19-18)5-4-8-16(17)20-14-9-10-14/h4-5,8,11-12,14-15,20H,1-3,6-7,9-10H2. The van der Waals surface area contributed by atoms with E-state index >= 15 is 0 Å². The largest absolute Gasteiger partial charge is 0.474 e. The number of hydrogen-bond donors (Lipinski definition) is 1. The van der Waals surface area contributed by atoms with Crippen molar-refractivity contribution in [2.45, 2.75) is 57.1 Å². The first-order valence-electron chi connectivity index (χ1n) is 8.21. The van der Waals surface area contributed by atoms with Crippen molar-refractivity contribution in [3.8, 4) is 5.88 Å². The van der Waals surface area contributed by atoms with E-state index in [2.05, 4.69) is 34.6 Å². The lowest BCUT2D eigenvalue weighted by Crippen LogP contribution is -2.20. The zero-order valence-electron chi connectivity index (χ0n) is 12.3. The molecule has 3 nitrogen and oxygen atoms in total. The van der Waals surface area contributed by atoms with Gasteiger partial charge in [-0.25, -0.2) is 4.98 Å². The Morgan fingerprint density at radius 1 is 1.00 bits per heavy atom. The number of nitrogens with one attached hydrogen (secondary N) is 1. The minimum absolute atomic E-state index is 0.339. The average Bonchev–Trinajstić information content (AvgIpc) is 3.33. The molecule has 0 radical (unpaired) electrons. The van der Waals surface area contributed by atoms with E-state index in [0.717, 1.165) is 24.1 Å². The van der Waals surface area contributed by atoms with Crippen molar-refractivity contribution in [3.05, 3.63) is 30.5 Å². The summed E-state index contributed by atoms with van der Waals surface area (Å²) in [7, 11) is 0. The molecule has 2 aromatic rings. The highest BCUT2D eigenvalue weighted by atomic mass is 16.5. The zero-order chi connectivity index (χ0) is 14.1. The molecule has 0 unspecified atom stereocenters. The van der Waals surface area contributed by atoms with Crippen LogP contribution in [0.1, 0.15) is 44.9 Å². The van der Waals surface area contributed by atoms with Gasteiger partial charge in [-0.1, -0.05) is 18.6 Å². The van der Waals surface area contributed by atoms with Crippen molar-refractivity contribution in [1.82, 2.24) is 4.98 Å². The first-order chi connectivity index (χ1) is 10.4. The lowest BCUT2D eigenvalue weighted by Gasteiger charge is -2.23. The zero-order valence-corrected chi connectivity index (χ0v) is 12.3. The van der Waals surface area contributed by atoms with Gasteiger partial charge in [-0.2, -0.15) is 0 Å². The van der Waals surface area contributed by atoms with Crippen LogP contribution in [0.25, 0.3) is 10.8 Å². The number of ether oxygens (including phenoxy) is 1. The molecule has 4 rings (SSSR count). The Bertz CT molecular complexity index is 625. The molecule has 2 fully saturated rings. The quantitative estimate of drug-likeness (QED) is 0.895. The summed E-state index contributed by atoms with van der Waals surface area (Å²) in [4.78, 5) is 4.53. The van der Waals surface area contributed by atoms with Gasteiger partial charge in [-0.3, -0.25) is 0 Å². The topological polar surface area (TPSA) is 34.1 Å². The Labute approximate surface area is 125 Å². The fourth-order valence-electron chi connectivity index (χ4n) is 3.20. The third-order valence-corrected chi connectivity index (χ3v) is 4.52. The van der Waals surface area contributed by atoms with Crippen LogP contribution in [0.3, 0.4) is 0 Å². The number of anilines is 1. The molecule has 0 atom stereocenters. The Balaban J connectivity index is 1.68. The molecular formula is C18H22N2O. The van der Waals surface area contributed by atoms with Crippen LogP contribution in [0.2, 0.25) is 0 Å². The van der Waals surface area contributed by atoms with E-state index in [-0.39, 0.29) is 0 Å². The van der Waals surface area contributed by atoms with Crippen molar-refractivity contribution in [2.75, 3.05) is 5.32 Å². The number of hydrogen-bond acceptors (Lipinski definition) is 3. The number of aromatic nitrogens is 1. The lowest BCUT2D eigenvalue weighted by atomic mass is 9.98. The summed E-state index contributed by atoms with van der Waals surface area (Å²) in [6.07, 6.45) is 11.0. The highest BCUT2D eigenvalue weighted by Gasteiger charge is 2.23. The fourth-order valence-corrected chi connectivity index (χ4v) is 3.20. The Kier molecular flexibility index (Phi) is 3.42. The molecule has 2 saturated carbocycles. The first-order valence-corrected chi connectivity index (χ1v) is 8.21. The van der Waals surface area contributed by atoms with Crippen molar-refractivity contribution in [2.24, 2.45) is 0 Å². The van der Waals surface area contributed by atoms with Gasteiger partial charge in [0.2, 0.25) is 5.88 Å². The van der Waals surface area contributed by atoms with Crippen LogP contribution in [0.5, 0.6) is 5.88 Å². The second-order valence-corrected chi connectivity index (χ2v) is 6.32. The van der Waals surface area contributed by atoms with Crippen LogP contribution in [-0.2, 0) is 0 Å². The predicted molar refractivity (Wildman–Crippen MR) is 85.9 cm³/mol. The third-order valence-electron chi connectivity index (χ3n) is 4.52. The number of fused-ring (bicyclic) bond motifs is 1. The van der Waals surface area contributed by atoms with Crippen molar-refractivity contribution >= 4 is 16.5 Å². The smallest absolute Gasteiger partial charge is 0.223 e. The Morgan fingerprint density at radius 3 is 2.67 bits per heavy atom. The number of pyridine rings is 1. The maximum Gasteiger partial charge on any atom is 0.223 e. The molecule has 0 saturated heterocycles. The van der Waals surface area contributed by atoms with Gasteiger partial charge in [-0.15, -0.1) is 0 Å². The highest BCUT2D eigenvalue weighted by Crippen LogP contribution is 2.35. The highest BCUT2D eigenvalue weighted by molar-refractivity contribution is 5.97. The molecule has 0 aliphatic heterocycles. The molecule has 21 heavy (non-hydrogen) atoms. The normalized spacial score (nSPS) is 19.6. The summed E-state index contributed by atoms with van der Waals surface area (Å²) in [5, 5.41) is 5.98. The number of nitrogens with zero attached hydrogens (tertiary/aromatic N) is 1. The number of benzene rings is 1. The van der Waals surface area contributed by atoms with Gasteiger partial charge in [0, 0.05) is 17.9 Å². The van der Waals surface area contributed by atoms with Crippen molar-refractivity contribution in [1.29, 1.82) is 0 Å². The van der Waals surface area contributed by atoms with Gasteiger partial charge in [0.05, 0.1) is 5.39 Å². The van der Waals surface area contributed by atoms with E-state index in [0.29, 0.717) is 12.1 Å². The second kappa shape index (κ2) is 5.55. The van der Waals surface area contributed by atoms with Crippen LogP contribution in [0, 0.1) is 0 Å². The van der Waals surface area contributed by atoms with Crippen LogP contribution in [0.15, 0.2) is 30.5 Å². The molecule has 1 heterocycles. The third kappa shape index (κ3) is 2.82. The van der Waals surface area contributed by atoms with Crippen molar-refractivity contribution < 1.29 is 4.74 Å². The SMILES string of the molecule is c1cc(NC2CC2)c2c(OC3CCCCC3)nccc2c1. The van der Waals surface area contributed by atoms with Gasteiger partial charge in [0.1, 0.15) is 6.10 Å².